The number of thioether (sulfide) groups is 1. The second kappa shape index (κ2) is 7.54. The molecule has 1 amide bonds. The number of para-hydroxylation sites is 1. The second-order valence-electron chi connectivity index (χ2n) is 5.69. The number of ether oxygens (including phenoxy) is 1. The Labute approximate surface area is 136 Å². The van der Waals surface area contributed by atoms with Crippen molar-refractivity contribution in [1.82, 2.24) is 0 Å². The summed E-state index contributed by atoms with van der Waals surface area (Å²) in [6.07, 6.45) is 0.909. The van der Waals surface area contributed by atoms with Gasteiger partial charge in [0.1, 0.15) is 10.7 Å². The van der Waals surface area contributed by atoms with Gasteiger partial charge in [-0.3, -0.25) is 4.79 Å². The van der Waals surface area contributed by atoms with Gasteiger partial charge >= 0.3 is 0 Å². The summed E-state index contributed by atoms with van der Waals surface area (Å²) in [5.41, 5.74) is 3.15. The van der Waals surface area contributed by atoms with Gasteiger partial charge in [-0.05, 0) is 37.8 Å². The summed E-state index contributed by atoms with van der Waals surface area (Å²) in [5, 5.41) is 3.04. The molecule has 1 aromatic carbocycles. The Morgan fingerprint density at radius 3 is 2.86 bits per heavy atom. The zero-order valence-electron chi connectivity index (χ0n) is 13.4. The molecule has 3 nitrogen and oxygen atoms in total. The van der Waals surface area contributed by atoms with E-state index in [1.807, 2.05) is 32.0 Å². The van der Waals surface area contributed by atoms with Crippen molar-refractivity contribution in [2.24, 2.45) is 0 Å². The maximum atomic E-state index is 12.5. The molecule has 1 unspecified atom stereocenters. The molecule has 0 fully saturated rings. The molecule has 0 aromatic heterocycles. The van der Waals surface area contributed by atoms with Gasteiger partial charge in [-0.2, -0.15) is 0 Å². The third-order valence-electron chi connectivity index (χ3n) is 3.57. The number of hydrogen-bond acceptors (Lipinski definition) is 3. The molecule has 0 radical (unpaired) electrons. The maximum Gasteiger partial charge on any atom is 0.265 e. The summed E-state index contributed by atoms with van der Waals surface area (Å²) in [6.45, 7) is 10.7. The Kier molecular flexibility index (Phi) is 5.72. The van der Waals surface area contributed by atoms with Crippen molar-refractivity contribution in [2.45, 2.75) is 33.1 Å². The van der Waals surface area contributed by atoms with Crippen molar-refractivity contribution in [3.05, 3.63) is 52.6 Å². The minimum atomic E-state index is -0.0859. The summed E-state index contributed by atoms with van der Waals surface area (Å²) in [5.74, 6) is 1.76. The van der Waals surface area contributed by atoms with Gasteiger partial charge in [-0.15, -0.1) is 18.3 Å². The van der Waals surface area contributed by atoms with E-state index in [4.69, 9.17) is 4.74 Å². The SMILES string of the molecule is C=C(C)CC(C)c1ccccc1NC(=O)C1=C(C)OCCS1. The summed E-state index contributed by atoms with van der Waals surface area (Å²) >= 11 is 1.55. The van der Waals surface area contributed by atoms with Crippen LogP contribution < -0.4 is 5.32 Å². The fourth-order valence-corrected chi connectivity index (χ4v) is 3.40. The van der Waals surface area contributed by atoms with Crippen LogP contribution in [0.5, 0.6) is 0 Å². The van der Waals surface area contributed by atoms with E-state index in [9.17, 15) is 4.79 Å². The number of carbonyl (C=O) groups is 1. The summed E-state index contributed by atoms with van der Waals surface area (Å²) in [4.78, 5) is 13.2. The van der Waals surface area contributed by atoms with E-state index >= 15 is 0 Å². The Balaban J connectivity index is 2.19. The first-order valence-electron chi connectivity index (χ1n) is 7.50. The van der Waals surface area contributed by atoms with Crippen molar-refractivity contribution in [3.63, 3.8) is 0 Å². The molecule has 4 heteroatoms. The number of benzene rings is 1. The van der Waals surface area contributed by atoms with Crippen LogP contribution in [0.4, 0.5) is 5.69 Å². The molecule has 1 atom stereocenters. The van der Waals surface area contributed by atoms with Crippen LogP contribution in [0.15, 0.2) is 47.1 Å². The molecule has 0 bridgehead atoms. The maximum absolute atomic E-state index is 12.5. The van der Waals surface area contributed by atoms with E-state index in [1.54, 1.807) is 11.8 Å². The van der Waals surface area contributed by atoms with Gasteiger partial charge in [0, 0.05) is 11.4 Å². The molecule has 1 aliphatic heterocycles. The molecule has 0 saturated heterocycles. The number of allylic oxidation sites excluding steroid dienone is 2. The van der Waals surface area contributed by atoms with E-state index in [0.717, 1.165) is 29.0 Å². The van der Waals surface area contributed by atoms with E-state index in [-0.39, 0.29) is 5.91 Å². The van der Waals surface area contributed by atoms with Crippen LogP contribution in [0, 0.1) is 0 Å². The highest BCUT2D eigenvalue weighted by atomic mass is 32.2. The van der Waals surface area contributed by atoms with Crippen molar-refractivity contribution in [2.75, 3.05) is 17.7 Å². The van der Waals surface area contributed by atoms with Gasteiger partial charge in [0.2, 0.25) is 0 Å². The smallest absolute Gasteiger partial charge is 0.265 e. The molecule has 0 spiro atoms. The summed E-state index contributed by atoms with van der Waals surface area (Å²) < 4.78 is 5.47. The van der Waals surface area contributed by atoms with Crippen LogP contribution in [-0.4, -0.2) is 18.3 Å². The van der Waals surface area contributed by atoms with Crippen LogP contribution >= 0.6 is 11.8 Å². The largest absolute Gasteiger partial charge is 0.496 e. The summed E-state index contributed by atoms with van der Waals surface area (Å²) in [7, 11) is 0. The van der Waals surface area contributed by atoms with Gasteiger partial charge in [-0.25, -0.2) is 0 Å². The topological polar surface area (TPSA) is 38.3 Å². The van der Waals surface area contributed by atoms with E-state index in [2.05, 4.69) is 24.9 Å². The van der Waals surface area contributed by atoms with Crippen molar-refractivity contribution < 1.29 is 9.53 Å². The Hall–Kier alpha value is -1.68. The number of anilines is 1. The Morgan fingerprint density at radius 2 is 2.18 bits per heavy atom. The number of carbonyl (C=O) groups excluding carboxylic acids is 1. The van der Waals surface area contributed by atoms with Crippen LogP contribution in [0.3, 0.4) is 0 Å². The molecule has 0 aliphatic carbocycles. The lowest BCUT2D eigenvalue weighted by Crippen LogP contribution is -2.19. The van der Waals surface area contributed by atoms with Crippen LogP contribution in [-0.2, 0) is 9.53 Å². The molecule has 1 aromatic rings. The van der Waals surface area contributed by atoms with Gasteiger partial charge in [-0.1, -0.05) is 30.7 Å². The Bertz CT molecular complexity index is 607. The monoisotopic (exact) mass is 317 g/mol. The molecule has 1 aliphatic rings. The zero-order chi connectivity index (χ0) is 16.1. The fraction of sp³-hybridized carbons (Fsp3) is 0.389. The number of hydrogen-bond donors (Lipinski definition) is 1. The lowest BCUT2D eigenvalue weighted by molar-refractivity contribution is -0.112. The highest BCUT2D eigenvalue weighted by Gasteiger charge is 2.20. The van der Waals surface area contributed by atoms with Crippen LogP contribution in [0.1, 0.15) is 38.7 Å². The predicted octanol–water partition coefficient (Wildman–Crippen LogP) is 4.69. The number of amides is 1. The van der Waals surface area contributed by atoms with E-state index in [1.165, 1.54) is 0 Å². The standard InChI is InChI=1S/C18H23NO2S/c1-12(2)11-13(3)15-7-5-6-8-16(15)19-18(20)17-14(4)21-9-10-22-17/h5-8,13H,1,9-11H2,2-4H3,(H,19,20). The van der Waals surface area contributed by atoms with Gasteiger partial charge in [0.25, 0.3) is 5.91 Å². The molecule has 0 saturated carbocycles. The average Bonchev–Trinajstić information content (AvgIpc) is 2.47. The molecule has 118 valence electrons. The van der Waals surface area contributed by atoms with Gasteiger partial charge in [0.15, 0.2) is 0 Å². The zero-order valence-corrected chi connectivity index (χ0v) is 14.3. The number of rotatable bonds is 5. The molecular weight excluding hydrogens is 294 g/mol. The fourth-order valence-electron chi connectivity index (χ4n) is 2.58. The highest BCUT2D eigenvalue weighted by molar-refractivity contribution is 8.04. The third kappa shape index (κ3) is 4.17. The lowest BCUT2D eigenvalue weighted by atomic mass is 9.93. The predicted molar refractivity (Wildman–Crippen MR) is 94.0 cm³/mol. The average molecular weight is 317 g/mol. The normalized spacial score (nSPS) is 16.0. The van der Waals surface area contributed by atoms with Crippen molar-refractivity contribution >= 4 is 23.4 Å². The van der Waals surface area contributed by atoms with Crippen LogP contribution in [0.2, 0.25) is 0 Å². The molecule has 1 heterocycles. The minimum absolute atomic E-state index is 0.0859. The summed E-state index contributed by atoms with van der Waals surface area (Å²) in [6, 6.07) is 7.96. The van der Waals surface area contributed by atoms with Crippen LogP contribution in [0.25, 0.3) is 0 Å². The van der Waals surface area contributed by atoms with Crippen molar-refractivity contribution in [3.8, 4) is 0 Å². The molecule has 22 heavy (non-hydrogen) atoms. The molecular formula is C18H23NO2S. The number of nitrogens with one attached hydrogen (secondary N) is 1. The lowest BCUT2D eigenvalue weighted by Gasteiger charge is -2.20. The minimum Gasteiger partial charge on any atom is -0.496 e. The van der Waals surface area contributed by atoms with Gasteiger partial charge < -0.3 is 10.1 Å². The highest BCUT2D eigenvalue weighted by Crippen LogP contribution is 2.31. The molecule has 2 rings (SSSR count). The van der Waals surface area contributed by atoms with E-state index in [0.29, 0.717) is 23.2 Å². The quantitative estimate of drug-likeness (QED) is 0.801. The van der Waals surface area contributed by atoms with E-state index < -0.39 is 0 Å². The second-order valence-corrected chi connectivity index (χ2v) is 6.79. The third-order valence-corrected chi connectivity index (χ3v) is 4.70. The van der Waals surface area contributed by atoms with Gasteiger partial charge in [0.05, 0.1) is 6.61 Å². The first kappa shape index (κ1) is 16.7. The first-order valence-corrected chi connectivity index (χ1v) is 8.48. The van der Waals surface area contributed by atoms with Crippen molar-refractivity contribution in [1.29, 1.82) is 0 Å². The Morgan fingerprint density at radius 1 is 1.45 bits per heavy atom. The first-order chi connectivity index (χ1) is 10.5. The molecule has 1 N–H and O–H groups in total.